The highest BCUT2D eigenvalue weighted by molar-refractivity contribution is 6.01. The number of carbonyl (C=O) groups excluding carboxylic acids is 3. The Bertz CT molecular complexity index is 1130. The molecular formula is C25H23NO7. The molecule has 0 fully saturated rings. The molecule has 0 bridgehead atoms. The maximum Gasteiger partial charge on any atom is 0.338 e. The maximum atomic E-state index is 12.3. The first kappa shape index (κ1) is 23.3. The number of methoxy groups -OCH3 is 2. The molecule has 1 N–H and O–H groups in total. The lowest BCUT2D eigenvalue weighted by atomic mass is 10.1. The van der Waals surface area contributed by atoms with E-state index in [0.29, 0.717) is 28.5 Å². The minimum absolute atomic E-state index is 0.214. The summed E-state index contributed by atoms with van der Waals surface area (Å²) in [7, 11) is 3.01. The van der Waals surface area contributed by atoms with Crippen LogP contribution in [-0.4, -0.2) is 45.1 Å². The van der Waals surface area contributed by atoms with E-state index >= 15 is 0 Å². The quantitative estimate of drug-likeness (QED) is 0.372. The molecule has 170 valence electrons. The van der Waals surface area contributed by atoms with E-state index in [1.807, 2.05) is 0 Å². The van der Waals surface area contributed by atoms with E-state index in [0.717, 1.165) is 0 Å². The number of carbonyl (C=O) groups is 3. The number of rotatable bonds is 10. The minimum Gasteiger partial charge on any atom is -0.497 e. The number of nitrogens with one attached hydrogen (secondary N) is 1. The first-order valence-corrected chi connectivity index (χ1v) is 10.00. The lowest BCUT2D eigenvalue weighted by molar-refractivity contribution is -0.118. The van der Waals surface area contributed by atoms with Gasteiger partial charge in [0.05, 0.1) is 25.3 Å². The topological polar surface area (TPSA) is 100 Å². The van der Waals surface area contributed by atoms with Crippen LogP contribution in [0.3, 0.4) is 0 Å². The molecule has 0 radical (unpaired) electrons. The van der Waals surface area contributed by atoms with E-state index in [2.05, 4.69) is 5.32 Å². The van der Waals surface area contributed by atoms with Crippen molar-refractivity contribution >= 4 is 23.3 Å². The molecule has 0 aliphatic carbocycles. The highest BCUT2D eigenvalue weighted by Crippen LogP contribution is 2.19. The molecule has 3 aromatic carbocycles. The number of amides is 1. The molecule has 8 heteroatoms. The van der Waals surface area contributed by atoms with E-state index in [1.165, 1.54) is 31.4 Å². The van der Waals surface area contributed by atoms with Crippen molar-refractivity contribution in [1.29, 1.82) is 0 Å². The molecular weight excluding hydrogens is 426 g/mol. The van der Waals surface area contributed by atoms with E-state index in [-0.39, 0.29) is 23.9 Å². The van der Waals surface area contributed by atoms with Crippen LogP contribution in [-0.2, 0) is 9.53 Å². The van der Waals surface area contributed by atoms with E-state index in [4.69, 9.17) is 18.9 Å². The summed E-state index contributed by atoms with van der Waals surface area (Å²) in [6, 6.07) is 19.7. The summed E-state index contributed by atoms with van der Waals surface area (Å²) in [5.74, 6) is 0.0682. The number of ether oxygens (including phenoxy) is 4. The second-order valence-electron chi connectivity index (χ2n) is 6.79. The third-order valence-electron chi connectivity index (χ3n) is 4.56. The van der Waals surface area contributed by atoms with Crippen molar-refractivity contribution in [2.75, 3.05) is 32.8 Å². The van der Waals surface area contributed by atoms with Crippen LogP contribution in [0.2, 0.25) is 0 Å². The number of ketones is 1. The minimum atomic E-state index is -0.652. The van der Waals surface area contributed by atoms with Crippen LogP contribution < -0.4 is 19.5 Å². The zero-order chi connectivity index (χ0) is 23.6. The Morgan fingerprint density at radius 3 is 2.27 bits per heavy atom. The van der Waals surface area contributed by atoms with Gasteiger partial charge in [-0.1, -0.05) is 18.2 Å². The average molecular weight is 449 g/mol. The van der Waals surface area contributed by atoms with Crippen molar-refractivity contribution in [3.05, 3.63) is 83.9 Å². The summed E-state index contributed by atoms with van der Waals surface area (Å²) >= 11 is 0. The molecule has 0 aromatic heterocycles. The van der Waals surface area contributed by atoms with Gasteiger partial charge >= 0.3 is 5.97 Å². The van der Waals surface area contributed by atoms with Gasteiger partial charge in [-0.2, -0.15) is 0 Å². The lowest BCUT2D eigenvalue weighted by Gasteiger charge is -2.10. The number of anilines is 1. The second-order valence-corrected chi connectivity index (χ2v) is 6.79. The Morgan fingerprint density at radius 2 is 1.55 bits per heavy atom. The van der Waals surface area contributed by atoms with Gasteiger partial charge in [-0.25, -0.2) is 4.79 Å². The van der Waals surface area contributed by atoms with Crippen molar-refractivity contribution < 1.29 is 33.3 Å². The fourth-order valence-electron chi connectivity index (χ4n) is 2.90. The van der Waals surface area contributed by atoms with Gasteiger partial charge in [0.25, 0.3) is 5.91 Å². The number of para-hydroxylation sites is 1. The number of benzene rings is 3. The Morgan fingerprint density at radius 1 is 0.788 bits per heavy atom. The van der Waals surface area contributed by atoms with E-state index in [1.54, 1.807) is 55.6 Å². The number of Topliss-reactive ketones (excluding diaryl/α,β-unsaturated/α-hetero) is 1. The molecule has 1 amide bonds. The van der Waals surface area contributed by atoms with Gasteiger partial charge in [0.1, 0.15) is 17.2 Å². The molecule has 33 heavy (non-hydrogen) atoms. The highest BCUT2D eigenvalue weighted by atomic mass is 16.5. The van der Waals surface area contributed by atoms with Crippen LogP contribution in [0.1, 0.15) is 20.7 Å². The third kappa shape index (κ3) is 6.57. The molecule has 0 aliphatic rings. The van der Waals surface area contributed by atoms with Gasteiger partial charge in [-0.15, -0.1) is 0 Å². The molecule has 0 saturated carbocycles. The molecule has 0 saturated heterocycles. The van der Waals surface area contributed by atoms with Crippen molar-refractivity contribution in [3.63, 3.8) is 0 Å². The van der Waals surface area contributed by atoms with E-state index in [9.17, 15) is 14.4 Å². The smallest absolute Gasteiger partial charge is 0.338 e. The number of hydrogen-bond acceptors (Lipinski definition) is 7. The molecule has 0 heterocycles. The lowest BCUT2D eigenvalue weighted by Crippen LogP contribution is -2.20. The van der Waals surface area contributed by atoms with Crippen LogP contribution in [0.25, 0.3) is 0 Å². The Hall–Kier alpha value is -4.33. The van der Waals surface area contributed by atoms with Crippen LogP contribution in [0.4, 0.5) is 5.69 Å². The Kier molecular flexibility index (Phi) is 8.02. The number of hydrogen-bond donors (Lipinski definition) is 1. The van der Waals surface area contributed by atoms with Crippen molar-refractivity contribution in [2.45, 2.75) is 0 Å². The Labute approximate surface area is 191 Å². The van der Waals surface area contributed by atoms with Crippen molar-refractivity contribution in [3.8, 4) is 17.2 Å². The molecule has 0 aliphatic heterocycles. The van der Waals surface area contributed by atoms with Crippen molar-refractivity contribution in [1.82, 2.24) is 0 Å². The summed E-state index contributed by atoms with van der Waals surface area (Å²) in [5.41, 5.74) is 1.17. The first-order valence-electron chi connectivity index (χ1n) is 10.00. The fourth-order valence-corrected chi connectivity index (χ4v) is 2.90. The van der Waals surface area contributed by atoms with Crippen LogP contribution in [0, 0.1) is 0 Å². The van der Waals surface area contributed by atoms with Gasteiger partial charge in [-0.05, 0) is 48.5 Å². The fraction of sp³-hybridized carbons (Fsp3) is 0.160. The van der Waals surface area contributed by atoms with Crippen LogP contribution in [0.5, 0.6) is 17.2 Å². The summed E-state index contributed by atoms with van der Waals surface area (Å²) in [5, 5.41) is 2.71. The summed E-state index contributed by atoms with van der Waals surface area (Å²) < 4.78 is 20.8. The predicted octanol–water partition coefficient (Wildman–Crippen LogP) is 3.76. The van der Waals surface area contributed by atoms with Gasteiger partial charge < -0.3 is 24.3 Å². The predicted molar refractivity (Wildman–Crippen MR) is 121 cm³/mol. The average Bonchev–Trinajstić information content (AvgIpc) is 2.86. The van der Waals surface area contributed by atoms with Crippen LogP contribution in [0.15, 0.2) is 72.8 Å². The van der Waals surface area contributed by atoms with Crippen LogP contribution >= 0.6 is 0 Å². The molecule has 0 unspecified atom stereocenters. The zero-order valence-corrected chi connectivity index (χ0v) is 18.2. The Balaban J connectivity index is 1.48. The molecule has 0 spiro atoms. The monoisotopic (exact) mass is 449 g/mol. The van der Waals surface area contributed by atoms with Gasteiger partial charge in [-0.3, -0.25) is 9.59 Å². The van der Waals surface area contributed by atoms with E-state index < -0.39 is 12.6 Å². The second kappa shape index (κ2) is 11.3. The standard InChI is InChI=1S/C25H23NO7/c1-30-20-7-5-6-18(14-20)26-24(28)16-32-19-12-10-17(11-13-19)25(29)33-15-22(27)21-8-3-4-9-23(21)31-2/h3-14H,15-16H2,1-2H3,(H,26,28). The zero-order valence-electron chi connectivity index (χ0n) is 18.2. The summed E-state index contributed by atoms with van der Waals surface area (Å²) in [4.78, 5) is 36.6. The van der Waals surface area contributed by atoms with Gasteiger partial charge in [0.15, 0.2) is 13.2 Å². The van der Waals surface area contributed by atoms with Gasteiger partial charge in [0, 0.05) is 11.8 Å². The molecule has 3 aromatic rings. The summed E-state index contributed by atoms with van der Waals surface area (Å²) in [6.45, 7) is -0.629. The first-order chi connectivity index (χ1) is 16.0. The largest absolute Gasteiger partial charge is 0.497 e. The SMILES string of the molecule is COc1cccc(NC(=O)COc2ccc(C(=O)OCC(=O)c3ccccc3OC)cc2)c1. The maximum absolute atomic E-state index is 12.3. The number of esters is 1. The normalized spacial score (nSPS) is 10.1. The molecule has 3 rings (SSSR count). The third-order valence-corrected chi connectivity index (χ3v) is 4.56. The summed E-state index contributed by atoms with van der Waals surface area (Å²) in [6.07, 6.45) is 0. The molecule has 0 atom stereocenters. The van der Waals surface area contributed by atoms with Crippen molar-refractivity contribution in [2.24, 2.45) is 0 Å². The molecule has 8 nitrogen and oxygen atoms in total. The van der Waals surface area contributed by atoms with Gasteiger partial charge in [0.2, 0.25) is 5.78 Å². The highest BCUT2D eigenvalue weighted by Gasteiger charge is 2.15.